The second-order valence-electron chi connectivity index (χ2n) is 21.7. The molecule has 2 rings (SSSR count). The minimum atomic E-state index is -1.78. The van der Waals surface area contributed by atoms with Gasteiger partial charge in [-0.2, -0.15) is 75.8 Å². The molecule has 1 aliphatic rings. The Morgan fingerprint density at radius 1 is 0.521 bits per heavy atom. The van der Waals surface area contributed by atoms with Crippen LogP contribution in [0.5, 0.6) is 5.75 Å². The van der Waals surface area contributed by atoms with Gasteiger partial charge in [-0.05, 0) is 57.7 Å². The predicted molar refractivity (Wildman–Crippen MR) is 359 cm³/mol. The number of likely N-dealkylation sites (tertiary alicyclic amines) is 1. The summed E-state index contributed by atoms with van der Waals surface area (Å²) in [6.07, 6.45) is -5.33. The zero-order valence-electron chi connectivity index (χ0n) is 51.9. The van der Waals surface area contributed by atoms with Crippen molar-refractivity contribution >= 4 is 170 Å². The number of carboxylic acids is 2. The molecule has 0 bridgehead atoms. The second-order valence-corrected chi connectivity index (χ2v) is 23.8. The average molecular weight is 1470 g/mol. The highest BCUT2D eigenvalue weighted by Gasteiger charge is 2.41. The first-order valence-electron chi connectivity index (χ1n) is 29.3. The lowest BCUT2D eigenvalue weighted by atomic mass is 10.0. The summed E-state index contributed by atoms with van der Waals surface area (Å²) in [5, 5.41) is 76.3. The number of carboxylic acid groups (broad SMARTS) is 2. The van der Waals surface area contributed by atoms with E-state index in [9.17, 15) is 102 Å². The first-order chi connectivity index (χ1) is 45.1. The van der Waals surface area contributed by atoms with E-state index < -0.39 is 228 Å². The fourth-order valence-corrected chi connectivity index (χ4v) is 10.2. The molecule has 1 aliphatic heterocycles. The number of carbonyl (C=O) groups excluding carboxylic acids is 14. The third kappa shape index (κ3) is 27.9. The van der Waals surface area contributed by atoms with Crippen LogP contribution >= 0.6 is 75.8 Å². The number of hydrogen-bond donors (Lipinski definition) is 25. The maximum absolute atomic E-state index is 14.2. The molecule has 0 saturated carbocycles. The normalized spacial score (nSPS) is 17.0. The van der Waals surface area contributed by atoms with Crippen LogP contribution in [0.25, 0.3) is 0 Å². The number of phenolic OH excluding ortho intramolecular Hbond substituents is 1. The topological polar surface area (TPSA) is 574 Å². The molecule has 0 aliphatic carbocycles. The van der Waals surface area contributed by atoms with E-state index in [-0.39, 0.29) is 48.8 Å². The van der Waals surface area contributed by atoms with Crippen LogP contribution in [0.4, 0.5) is 0 Å². The van der Waals surface area contributed by atoms with Gasteiger partial charge in [0.2, 0.25) is 82.7 Å². The summed E-state index contributed by atoms with van der Waals surface area (Å²) in [7, 11) is 0. The minimum absolute atomic E-state index is 0.00402. The zero-order valence-corrected chi connectivity index (χ0v) is 57.3. The van der Waals surface area contributed by atoms with Crippen molar-refractivity contribution in [3.63, 3.8) is 0 Å². The Hall–Kier alpha value is -7.48. The molecule has 0 radical (unpaired) electrons. The number of aliphatic carboxylic acids is 2. The number of benzene rings is 1. The molecule has 1 fully saturated rings. The number of carbonyl (C=O) groups is 16. The monoisotopic (exact) mass is 1470 g/mol. The number of aliphatic hydroxyl groups is 2. The number of thiol groups is 6. The van der Waals surface area contributed by atoms with Gasteiger partial charge < -0.3 is 106 Å². The molecule has 96 heavy (non-hydrogen) atoms. The molecule has 36 nitrogen and oxygen atoms in total. The largest absolute Gasteiger partial charge is 0.508 e. The van der Waals surface area contributed by atoms with Crippen LogP contribution < -0.4 is 75.3 Å². The molecule has 0 aromatic heterocycles. The minimum Gasteiger partial charge on any atom is -0.508 e. The van der Waals surface area contributed by atoms with Crippen LogP contribution in [0.15, 0.2) is 24.3 Å². The first-order valence-corrected chi connectivity index (χ1v) is 33.1. The van der Waals surface area contributed by atoms with E-state index in [1.807, 2.05) is 5.32 Å². The second kappa shape index (κ2) is 42.3. The van der Waals surface area contributed by atoms with E-state index in [0.29, 0.717) is 5.56 Å². The van der Waals surface area contributed by atoms with Gasteiger partial charge in [0.05, 0.1) is 31.2 Å². The Balaban J connectivity index is 2.22. The molecule has 14 amide bonds. The molecule has 0 unspecified atom stereocenters. The Bertz CT molecular complexity index is 2960. The summed E-state index contributed by atoms with van der Waals surface area (Å²) in [5.74, 6) is -19.6. The highest BCUT2D eigenvalue weighted by atomic mass is 32.1. The van der Waals surface area contributed by atoms with Crippen molar-refractivity contribution in [2.75, 3.05) is 47.6 Å². The molecule has 536 valence electrons. The molecule has 42 heteroatoms. The van der Waals surface area contributed by atoms with Crippen molar-refractivity contribution in [2.24, 2.45) is 11.5 Å². The molecule has 1 saturated heterocycles. The van der Waals surface area contributed by atoms with Crippen LogP contribution in [-0.4, -0.2) is 263 Å². The maximum atomic E-state index is 14.2. The third-order valence-electron chi connectivity index (χ3n) is 14.1. The number of aromatic hydroxyl groups is 1. The smallest absolute Gasteiger partial charge is 0.328 e. The zero-order chi connectivity index (χ0) is 72.8. The Morgan fingerprint density at radius 3 is 1.40 bits per heavy atom. The van der Waals surface area contributed by atoms with Gasteiger partial charge in [0, 0.05) is 53.9 Å². The predicted octanol–water partition coefficient (Wildman–Crippen LogP) is -9.11. The number of nitrogens with one attached hydrogen (secondary N) is 12. The molecular weight excluding hydrogens is 1390 g/mol. The lowest BCUT2D eigenvalue weighted by Crippen LogP contribution is -2.61. The van der Waals surface area contributed by atoms with Crippen molar-refractivity contribution < 1.29 is 102 Å². The third-order valence-corrected chi connectivity index (χ3v) is 16.3. The van der Waals surface area contributed by atoms with Crippen molar-refractivity contribution in [3.05, 3.63) is 29.8 Å². The summed E-state index contributed by atoms with van der Waals surface area (Å²) >= 11 is 24.5. The highest BCUT2D eigenvalue weighted by Crippen LogP contribution is 2.20. The lowest BCUT2D eigenvalue weighted by molar-refractivity contribution is -0.145. The number of phenols is 1. The summed E-state index contributed by atoms with van der Waals surface area (Å²) in [6, 6.07) is -14.7. The number of nitrogens with zero attached hydrogens (tertiary/aromatic N) is 1. The molecule has 21 N–H and O–H groups in total. The first kappa shape index (κ1) is 84.6. The van der Waals surface area contributed by atoms with E-state index in [0.717, 1.165) is 18.7 Å². The van der Waals surface area contributed by atoms with Crippen LogP contribution in [0.3, 0.4) is 0 Å². The number of nitrogens with two attached hydrogens (primary N) is 2. The van der Waals surface area contributed by atoms with Gasteiger partial charge in [0.15, 0.2) is 6.04 Å². The van der Waals surface area contributed by atoms with Gasteiger partial charge in [-0.3, -0.25) is 71.9 Å². The van der Waals surface area contributed by atoms with Crippen LogP contribution in [0, 0.1) is 0 Å². The van der Waals surface area contributed by atoms with Gasteiger partial charge in [-0.1, -0.05) is 12.1 Å². The SMILES string of the molecule is C[C@H](NC(=O)[C@@H]1CCCN1C(=O)[C@H](CC(N)=O)NC(=O)[C@H](CS)NC(=O)[C@H](CS)NC(=O)[C@H](Cc1ccc(O)cc1)NC(=O)[C@H](CCC(=O)O)NC(=O)[C@H](CS)NC(=O)[C@@H](N)CS)C(=O)N[C@@H](CS)C(=O)N[C@H](C(=O)NCC(=O)N[C@@H](CS)C(=O)N[C@H](C(=O)O)[C@@H](C)O)[C@@H](C)O. The summed E-state index contributed by atoms with van der Waals surface area (Å²) < 4.78 is 0. The lowest BCUT2D eigenvalue weighted by Gasteiger charge is -2.30. The van der Waals surface area contributed by atoms with Crippen LogP contribution in [-0.2, 0) is 83.1 Å². The van der Waals surface area contributed by atoms with E-state index in [1.165, 1.54) is 31.2 Å². The number of primary amides is 1. The molecular formula is C54H83N15O21S6. The van der Waals surface area contributed by atoms with E-state index >= 15 is 0 Å². The Labute approximate surface area is 582 Å². The van der Waals surface area contributed by atoms with Gasteiger partial charge in [0.1, 0.15) is 72.2 Å². The molecule has 1 heterocycles. The van der Waals surface area contributed by atoms with E-state index in [1.54, 1.807) is 0 Å². The van der Waals surface area contributed by atoms with Crippen molar-refractivity contribution in [1.82, 2.24) is 68.7 Å². The Morgan fingerprint density at radius 2 is 0.938 bits per heavy atom. The van der Waals surface area contributed by atoms with Crippen LogP contribution in [0.2, 0.25) is 0 Å². The van der Waals surface area contributed by atoms with Gasteiger partial charge >= 0.3 is 11.9 Å². The number of aliphatic hydroxyl groups excluding tert-OH is 2. The van der Waals surface area contributed by atoms with Gasteiger partial charge in [-0.15, -0.1) is 0 Å². The molecule has 0 spiro atoms. The molecule has 1 aromatic rings. The average Bonchev–Trinajstić information content (AvgIpc) is 1.62. The van der Waals surface area contributed by atoms with Crippen molar-refractivity contribution in [3.8, 4) is 5.75 Å². The van der Waals surface area contributed by atoms with E-state index in [4.69, 9.17) is 11.5 Å². The van der Waals surface area contributed by atoms with E-state index in [2.05, 4.69) is 134 Å². The number of rotatable bonds is 41. The quantitative estimate of drug-likeness (QED) is 0.0271. The van der Waals surface area contributed by atoms with Gasteiger partial charge in [0.25, 0.3) is 0 Å². The summed E-state index contributed by atoms with van der Waals surface area (Å²) in [6.45, 7) is 2.47. The fourth-order valence-electron chi connectivity index (χ4n) is 8.71. The number of hydrogen-bond acceptors (Lipinski definition) is 26. The summed E-state index contributed by atoms with van der Waals surface area (Å²) in [4.78, 5) is 211. The standard InChI is InChI=1S/C54H83N15O21S6/c1-22(42(77)63-35(21-96)50(85)67-40(23(2)70)52(87)57-15-38(74)59-31(17-92)49(84)68-41(24(3)71)54(89)90)58-51(86)36-5-4-12-69(36)53(88)30(14-37(56)73)62-47(82)33(19-94)66-48(83)34(20-95)65-45(80)29(13-25-6-8-26(72)9-7-25)61-44(79)28(10-11-39(75)76)60-46(81)32(18-93)64-43(78)27(55)16-91/h6-9,22-24,27-36,40-41,70-72,91-96H,4-5,10-21,55H2,1-3H3,(H2,56,73)(H,57,87)(H,58,86)(H,59,74)(H,60,81)(H,61,79)(H,62,82)(H,63,77)(H,64,78)(H,65,80)(H,66,83)(H,67,85)(H,68,84)(H,75,76)(H,89,90)/t22-,23+,24+,27-,28-,29-,30-,31-,32-,33-,34-,35-,36-,40-,41-/m0/s1. The highest BCUT2D eigenvalue weighted by molar-refractivity contribution is 7.81. The van der Waals surface area contributed by atoms with Crippen LogP contribution in [0.1, 0.15) is 58.4 Å². The summed E-state index contributed by atoms with van der Waals surface area (Å²) in [5.41, 5.74) is 11.5. The fraction of sp³-hybridized carbons (Fsp3) is 0.593. The van der Waals surface area contributed by atoms with Crippen molar-refractivity contribution in [1.29, 1.82) is 0 Å². The maximum Gasteiger partial charge on any atom is 0.328 e. The molecule has 1 aromatic carbocycles. The number of amides is 14. The van der Waals surface area contributed by atoms with Gasteiger partial charge in [-0.25, -0.2) is 4.79 Å². The van der Waals surface area contributed by atoms with Crippen molar-refractivity contribution in [2.45, 2.75) is 150 Å². The Kier molecular flexibility index (Phi) is 37.2. The molecule has 15 atom stereocenters.